The number of carbonyl (C=O) groups is 2. The highest BCUT2D eigenvalue weighted by atomic mass is 32.1. The van der Waals surface area contributed by atoms with Crippen molar-refractivity contribution in [1.82, 2.24) is 5.32 Å². The van der Waals surface area contributed by atoms with Gasteiger partial charge in [-0.3, -0.25) is 9.59 Å². The van der Waals surface area contributed by atoms with Crippen LogP contribution in [0.15, 0.2) is 6.07 Å². The van der Waals surface area contributed by atoms with E-state index in [9.17, 15) is 14.7 Å². The molecule has 1 aliphatic rings. The van der Waals surface area contributed by atoms with Gasteiger partial charge in [0.2, 0.25) is 5.91 Å². The van der Waals surface area contributed by atoms with E-state index in [0.29, 0.717) is 5.92 Å². The molecule has 1 aromatic rings. The van der Waals surface area contributed by atoms with Crippen molar-refractivity contribution in [2.75, 3.05) is 6.61 Å². The van der Waals surface area contributed by atoms with Crippen molar-refractivity contribution in [2.24, 2.45) is 5.92 Å². The lowest BCUT2D eigenvalue weighted by Gasteiger charge is -2.28. The Kier molecular flexibility index (Phi) is 4.84. The van der Waals surface area contributed by atoms with E-state index in [1.807, 2.05) is 26.8 Å². The van der Waals surface area contributed by atoms with Gasteiger partial charge in [0.25, 0.3) is 0 Å². The molecule has 0 aromatic carbocycles. The van der Waals surface area contributed by atoms with Gasteiger partial charge in [0.15, 0.2) is 5.78 Å². The zero-order valence-electron chi connectivity index (χ0n) is 12.9. The Morgan fingerprint density at radius 3 is 2.52 bits per heavy atom. The molecular formula is C16H23NO3S. The Morgan fingerprint density at radius 1 is 1.38 bits per heavy atom. The Hall–Kier alpha value is -1.20. The number of amides is 1. The van der Waals surface area contributed by atoms with Crippen molar-refractivity contribution >= 4 is 23.0 Å². The lowest BCUT2D eigenvalue weighted by atomic mass is 9.96. The molecular weight excluding hydrogens is 286 g/mol. The summed E-state index contributed by atoms with van der Waals surface area (Å²) in [7, 11) is 0. The second kappa shape index (κ2) is 6.28. The second-order valence-electron chi connectivity index (χ2n) is 6.15. The fraction of sp³-hybridized carbons (Fsp3) is 0.625. The largest absolute Gasteiger partial charge is 0.394 e. The Bertz CT molecular complexity index is 548. The van der Waals surface area contributed by atoms with Crippen LogP contribution in [0.5, 0.6) is 0 Å². The highest BCUT2D eigenvalue weighted by Crippen LogP contribution is 2.39. The van der Waals surface area contributed by atoms with Gasteiger partial charge in [-0.25, -0.2) is 0 Å². The molecule has 0 radical (unpaired) electrons. The van der Waals surface area contributed by atoms with E-state index in [-0.39, 0.29) is 31.1 Å². The van der Waals surface area contributed by atoms with Gasteiger partial charge in [0, 0.05) is 28.2 Å². The zero-order chi connectivity index (χ0) is 15.6. The number of thiophene rings is 1. The van der Waals surface area contributed by atoms with Crippen LogP contribution in [0.2, 0.25) is 0 Å². The predicted molar refractivity (Wildman–Crippen MR) is 83.7 cm³/mol. The van der Waals surface area contributed by atoms with Crippen LogP contribution in [0, 0.1) is 19.8 Å². The number of rotatable bonds is 7. The maximum atomic E-state index is 12.1. The summed E-state index contributed by atoms with van der Waals surface area (Å²) >= 11 is 1.60. The molecule has 1 saturated carbocycles. The molecule has 2 N–H and O–H groups in total. The Labute approximate surface area is 129 Å². The van der Waals surface area contributed by atoms with Gasteiger partial charge in [-0.2, -0.15) is 0 Å². The minimum absolute atomic E-state index is 0.0177. The van der Waals surface area contributed by atoms with Gasteiger partial charge in [-0.1, -0.05) is 0 Å². The molecule has 1 amide bonds. The van der Waals surface area contributed by atoms with Crippen LogP contribution in [0.4, 0.5) is 0 Å². The number of Topliss-reactive ketones (excluding diaryl/α,β-unsaturated/α-hetero) is 1. The number of hydrogen-bond donors (Lipinski definition) is 2. The third-order valence-corrected chi connectivity index (χ3v) is 5.12. The average Bonchev–Trinajstić information content (AvgIpc) is 3.22. The highest BCUT2D eigenvalue weighted by Gasteiger charge is 2.42. The average molecular weight is 309 g/mol. The summed E-state index contributed by atoms with van der Waals surface area (Å²) in [5, 5.41) is 12.4. The van der Waals surface area contributed by atoms with Crippen LogP contribution in [-0.4, -0.2) is 28.9 Å². The number of carbonyl (C=O) groups excluding carboxylic acids is 2. The summed E-state index contributed by atoms with van der Waals surface area (Å²) in [5.41, 5.74) is 0.201. The van der Waals surface area contributed by atoms with Crippen LogP contribution < -0.4 is 5.32 Å². The molecule has 5 heteroatoms. The van der Waals surface area contributed by atoms with Crippen molar-refractivity contribution in [1.29, 1.82) is 0 Å². The van der Waals surface area contributed by atoms with Crippen LogP contribution >= 0.6 is 11.3 Å². The minimum Gasteiger partial charge on any atom is -0.394 e. The fourth-order valence-electron chi connectivity index (χ4n) is 2.64. The van der Waals surface area contributed by atoms with Gasteiger partial charge >= 0.3 is 0 Å². The molecule has 1 heterocycles. The van der Waals surface area contributed by atoms with Crippen LogP contribution in [-0.2, 0) is 4.79 Å². The normalized spacial score (nSPS) is 17.3. The third kappa shape index (κ3) is 3.92. The summed E-state index contributed by atoms with van der Waals surface area (Å²) < 4.78 is 0. The molecule has 0 spiro atoms. The topological polar surface area (TPSA) is 66.4 Å². The summed E-state index contributed by atoms with van der Waals surface area (Å²) in [6.07, 6.45) is 2.48. The van der Waals surface area contributed by atoms with E-state index >= 15 is 0 Å². The molecule has 2 rings (SSSR count). The molecule has 1 aromatic heterocycles. The summed E-state index contributed by atoms with van der Waals surface area (Å²) in [6.45, 7) is 5.72. The number of hydrogen-bond acceptors (Lipinski definition) is 4. The predicted octanol–water partition coefficient (Wildman–Crippen LogP) is 2.61. The Balaban J connectivity index is 1.86. The van der Waals surface area contributed by atoms with Crippen LogP contribution in [0.25, 0.3) is 0 Å². The SMILES string of the molecule is Cc1cc(C(=O)CCC(=O)NC(C)(CO)C2CC2)c(C)s1. The number of ketones is 1. The highest BCUT2D eigenvalue weighted by molar-refractivity contribution is 7.12. The molecule has 116 valence electrons. The van der Waals surface area contributed by atoms with E-state index in [1.165, 1.54) is 0 Å². The van der Waals surface area contributed by atoms with Gasteiger partial charge in [-0.15, -0.1) is 11.3 Å². The van der Waals surface area contributed by atoms with Gasteiger partial charge in [-0.05, 0) is 45.6 Å². The third-order valence-electron chi connectivity index (χ3n) is 4.15. The molecule has 1 atom stereocenters. The first kappa shape index (κ1) is 16.2. The quantitative estimate of drug-likeness (QED) is 0.761. The number of aliphatic hydroxyl groups is 1. The number of nitrogens with one attached hydrogen (secondary N) is 1. The van der Waals surface area contributed by atoms with Crippen molar-refractivity contribution in [3.8, 4) is 0 Å². The molecule has 1 unspecified atom stereocenters. The molecule has 1 aliphatic carbocycles. The van der Waals surface area contributed by atoms with E-state index in [0.717, 1.165) is 28.2 Å². The molecule has 4 nitrogen and oxygen atoms in total. The summed E-state index contributed by atoms with van der Waals surface area (Å²) in [4.78, 5) is 26.3. The maximum absolute atomic E-state index is 12.1. The molecule has 0 saturated heterocycles. The zero-order valence-corrected chi connectivity index (χ0v) is 13.7. The van der Waals surface area contributed by atoms with Crippen molar-refractivity contribution in [3.05, 3.63) is 21.4 Å². The first-order valence-electron chi connectivity index (χ1n) is 7.38. The Morgan fingerprint density at radius 2 is 2.05 bits per heavy atom. The lowest BCUT2D eigenvalue weighted by Crippen LogP contribution is -2.50. The number of aryl methyl sites for hydroxylation is 2. The summed E-state index contributed by atoms with van der Waals surface area (Å²) in [6, 6.07) is 1.89. The van der Waals surface area contributed by atoms with Gasteiger partial charge in [0.1, 0.15) is 0 Å². The van der Waals surface area contributed by atoms with E-state index in [1.54, 1.807) is 11.3 Å². The van der Waals surface area contributed by atoms with E-state index < -0.39 is 5.54 Å². The first-order chi connectivity index (χ1) is 9.85. The number of aliphatic hydroxyl groups excluding tert-OH is 1. The van der Waals surface area contributed by atoms with Crippen LogP contribution in [0.1, 0.15) is 52.7 Å². The maximum Gasteiger partial charge on any atom is 0.220 e. The van der Waals surface area contributed by atoms with Gasteiger partial charge < -0.3 is 10.4 Å². The summed E-state index contributed by atoms with van der Waals surface area (Å²) in [5.74, 6) is 0.226. The van der Waals surface area contributed by atoms with Crippen molar-refractivity contribution < 1.29 is 14.7 Å². The lowest BCUT2D eigenvalue weighted by molar-refractivity contribution is -0.123. The monoisotopic (exact) mass is 309 g/mol. The minimum atomic E-state index is -0.533. The van der Waals surface area contributed by atoms with Crippen molar-refractivity contribution in [3.63, 3.8) is 0 Å². The second-order valence-corrected chi connectivity index (χ2v) is 7.61. The smallest absolute Gasteiger partial charge is 0.220 e. The van der Waals surface area contributed by atoms with E-state index in [4.69, 9.17) is 0 Å². The first-order valence-corrected chi connectivity index (χ1v) is 8.19. The molecule has 0 aliphatic heterocycles. The fourth-order valence-corrected chi connectivity index (χ4v) is 3.58. The van der Waals surface area contributed by atoms with Crippen molar-refractivity contribution in [2.45, 2.75) is 52.0 Å². The van der Waals surface area contributed by atoms with Gasteiger partial charge in [0.05, 0.1) is 12.1 Å². The molecule has 0 bridgehead atoms. The molecule has 21 heavy (non-hydrogen) atoms. The standard InChI is InChI=1S/C16H23NO3S/c1-10-8-13(11(2)21-10)14(19)6-7-15(20)17-16(3,9-18)12-4-5-12/h8,12,18H,4-7,9H2,1-3H3,(H,17,20). The van der Waals surface area contributed by atoms with Crippen LogP contribution in [0.3, 0.4) is 0 Å². The molecule has 1 fully saturated rings. The van der Waals surface area contributed by atoms with E-state index in [2.05, 4.69) is 5.32 Å².